The molecule has 0 bridgehead atoms. The average molecular weight is 772 g/mol. The maximum absolute atomic E-state index is 2.94. The van der Waals surface area contributed by atoms with Crippen LogP contribution in [0.15, 0.2) is 91.0 Å². The molecule has 5 heterocycles. The van der Waals surface area contributed by atoms with Gasteiger partial charge in [0, 0.05) is 61.1 Å². The number of hydrogen-bond donors (Lipinski definition) is 0. The maximum atomic E-state index is 2.94. The number of aromatic nitrogens is 1. The molecule has 0 spiro atoms. The highest BCUT2D eigenvalue weighted by molar-refractivity contribution is 7.00. The van der Waals surface area contributed by atoms with E-state index in [1.807, 2.05) is 0 Å². The largest absolute Gasteiger partial charge is 0.335 e. The molecular weight excluding hydrogens is 713 g/mol. The predicted molar refractivity (Wildman–Crippen MR) is 250 cm³/mol. The molecule has 1 aromatic heterocycles. The number of nitrogens with zero attached hydrogens (tertiary/aromatic N) is 3. The maximum Gasteiger partial charge on any atom is 0.252 e. The monoisotopic (exact) mass is 771 g/mol. The third-order valence-electron chi connectivity index (χ3n) is 18.4. The van der Waals surface area contributed by atoms with Crippen LogP contribution in [0.2, 0.25) is 0 Å². The fourth-order valence-corrected chi connectivity index (χ4v) is 15.0. The second kappa shape index (κ2) is 10.6. The summed E-state index contributed by atoms with van der Waals surface area (Å²) in [6, 6.07) is 36.9. The van der Waals surface area contributed by atoms with E-state index >= 15 is 0 Å². The number of benzene rings is 5. The van der Waals surface area contributed by atoms with Gasteiger partial charge < -0.3 is 14.4 Å². The molecule has 13 rings (SSSR count). The molecule has 3 aliphatic carbocycles. The Morgan fingerprint density at radius 1 is 0.576 bits per heavy atom. The van der Waals surface area contributed by atoms with Crippen molar-refractivity contribution < 1.29 is 0 Å². The van der Waals surface area contributed by atoms with E-state index in [0.717, 1.165) is 0 Å². The van der Waals surface area contributed by atoms with Crippen LogP contribution in [0.25, 0.3) is 27.8 Å². The van der Waals surface area contributed by atoms with Crippen LogP contribution in [0.1, 0.15) is 141 Å². The van der Waals surface area contributed by atoms with Crippen molar-refractivity contribution in [2.45, 2.75) is 146 Å². The lowest BCUT2D eigenvalue weighted by atomic mass is 9.33. The van der Waals surface area contributed by atoms with E-state index in [9.17, 15) is 0 Å². The van der Waals surface area contributed by atoms with E-state index in [1.54, 1.807) is 5.56 Å². The first-order valence-electron chi connectivity index (χ1n) is 23.0. The highest BCUT2D eigenvalue weighted by Crippen LogP contribution is 2.65. The van der Waals surface area contributed by atoms with Crippen LogP contribution in [-0.4, -0.2) is 22.4 Å². The van der Waals surface area contributed by atoms with Crippen LogP contribution in [0.3, 0.4) is 0 Å². The van der Waals surface area contributed by atoms with Crippen LogP contribution < -0.4 is 26.2 Å². The molecule has 2 saturated carbocycles. The van der Waals surface area contributed by atoms with Crippen molar-refractivity contribution in [2.24, 2.45) is 0 Å². The first-order chi connectivity index (χ1) is 28.2. The molecule has 4 heteroatoms. The number of fused-ring (bicyclic) bond motifs is 15. The van der Waals surface area contributed by atoms with Gasteiger partial charge >= 0.3 is 0 Å². The van der Waals surface area contributed by atoms with E-state index in [2.05, 4.69) is 168 Å². The third-order valence-corrected chi connectivity index (χ3v) is 18.4. The SMILES string of the molecule is CC(C)(C)c1cc2c3c(c1)c1c(n3-c3cc(N4c5ccccc5C5(C)CCCCC45C)cc4c3B2c2cccc3c2N4C2(C)CCCCC32C)-c2ccccc2C1(C)C. The molecule has 2 fully saturated rings. The van der Waals surface area contributed by atoms with Crippen molar-refractivity contribution in [3.05, 3.63) is 119 Å². The number of para-hydroxylation sites is 2. The van der Waals surface area contributed by atoms with Crippen molar-refractivity contribution in [2.75, 3.05) is 9.80 Å². The Labute approximate surface area is 351 Å². The van der Waals surface area contributed by atoms with Crippen LogP contribution >= 0.6 is 0 Å². The number of anilines is 4. The Bertz CT molecular complexity index is 2910. The second-order valence-electron chi connectivity index (χ2n) is 22.3. The highest BCUT2D eigenvalue weighted by atomic mass is 15.3. The second-order valence-corrected chi connectivity index (χ2v) is 22.3. The lowest BCUT2D eigenvalue weighted by Crippen LogP contribution is -2.64. The Balaban J connectivity index is 1.22. The van der Waals surface area contributed by atoms with E-state index < -0.39 is 0 Å². The molecule has 4 unspecified atom stereocenters. The molecule has 6 aromatic rings. The number of hydrogen-bond acceptors (Lipinski definition) is 2. The smallest absolute Gasteiger partial charge is 0.252 e. The van der Waals surface area contributed by atoms with E-state index in [1.165, 1.54) is 141 Å². The Morgan fingerprint density at radius 2 is 1.20 bits per heavy atom. The summed E-state index contributed by atoms with van der Waals surface area (Å²) in [6.45, 7) is 22.8. The van der Waals surface area contributed by atoms with E-state index in [0.29, 0.717) is 0 Å². The van der Waals surface area contributed by atoms with Crippen molar-refractivity contribution >= 4 is 56.8 Å². The topological polar surface area (TPSA) is 11.4 Å². The lowest BCUT2D eigenvalue weighted by Gasteiger charge is -2.53. The predicted octanol–water partition coefficient (Wildman–Crippen LogP) is 11.9. The molecule has 4 aliphatic heterocycles. The van der Waals surface area contributed by atoms with Crippen molar-refractivity contribution in [1.29, 1.82) is 0 Å². The Kier molecular flexibility index (Phi) is 6.30. The summed E-state index contributed by atoms with van der Waals surface area (Å²) in [5.74, 6) is 0. The Hall–Kier alpha value is -4.70. The van der Waals surface area contributed by atoms with Gasteiger partial charge in [-0.2, -0.15) is 0 Å². The van der Waals surface area contributed by atoms with Gasteiger partial charge in [-0.1, -0.05) is 141 Å². The summed E-state index contributed by atoms with van der Waals surface area (Å²) in [5.41, 5.74) is 23.4. The van der Waals surface area contributed by atoms with Gasteiger partial charge in [0.25, 0.3) is 6.71 Å². The molecule has 0 amide bonds. The fourth-order valence-electron chi connectivity index (χ4n) is 15.0. The summed E-state index contributed by atoms with van der Waals surface area (Å²) >= 11 is 0. The van der Waals surface area contributed by atoms with Gasteiger partial charge in [-0.3, -0.25) is 0 Å². The van der Waals surface area contributed by atoms with Crippen LogP contribution in [0.4, 0.5) is 22.7 Å². The minimum absolute atomic E-state index is 0.00268. The highest BCUT2D eigenvalue weighted by Gasteiger charge is 2.62. The lowest BCUT2D eigenvalue weighted by molar-refractivity contribution is 0.194. The summed E-state index contributed by atoms with van der Waals surface area (Å²) in [7, 11) is 0. The van der Waals surface area contributed by atoms with Gasteiger partial charge in [-0.25, -0.2) is 0 Å². The van der Waals surface area contributed by atoms with Crippen molar-refractivity contribution in [3.63, 3.8) is 0 Å². The van der Waals surface area contributed by atoms with Gasteiger partial charge in [0.1, 0.15) is 0 Å². The summed E-state index contributed by atoms with van der Waals surface area (Å²) in [5, 5.41) is 1.45. The van der Waals surface area contributed by atoms with E-state index in [4.69, 9.17) is 0 Å². The van der Waals surface area contributed by atoms with E-state index in [-0.39, 0.29) is 39.5 Å². The molecule has 3 nitrogen and oxygen atoms in total. The van der Waals surface area contributed by atoms with Crippen LogP contribution in [0.5, 0.6) is 0 Å². The molecule has 5 aromatic carbocycles. The first kappa shape index (κ1) is 35.1. The van der Waals surface area contributed by atoms with Crippen molar-refractivity contribution in [1.82, 2.24) is 4.57 Å². The van der Waals surface area contributed by atoms with Gasteiger partial charge in [0.15, 0.2) is 0 Å². The first-order valence-corrected chi connectivity index (χ1v) is 23.0. The molecule has 4 atom stereocenters. The third kappa shape index (κ3) is 3.75. The molecule has 296 valence electrons. The molecular formula is C55H58BN3. The summed E-state index contributed by atoms with van der Waals surface area (Å²) < 4.78 is 2.80. The van der Waals surface area contributed by atoms with Gasteiger partial charge in [-0.15, -0.1) is 0 Å². The zero-order valence-corrected chi connectivity index (χ0v) is 36.7. The van der Waals surface area contributed by atoms with Gasteiger partial charge in [0.2, 0.25) is 0 Å². The minimum atomic E-state index is -0.130. The molecule has 0 radical (unpaired) electrons. The average Bonchev–Trinajstić information content (AvgIpc) is 3.83. The zero-order valence-electron chi connectivity index (χ0n) is 36.7. The molecule has 0 saturated heterocycles. The quantitative estimate of drug-likeness (QED) is 0.154. The van der Waals surface area contributed by atoms with Gasteiger partial charge in [0.05, 0.1) is 16.8 Å². The standard InChI is InChI=1S/C55H58BN3/c1-50(2,3)33-29-36-45-48(35-19-10-11-20-37(35)51(45,4)5)57-43-31-34(58-42-24-13-12-21-38(42)52(6)25-14-16-27-54(52,58)8)32-44-46(43)56(41(30-33)47(36)57)40-23-18-22-39-49(40)59(44)55(9)28-17-15-26-53(39,55)7/h10-13,18-24,29-32H,14-17,25-28H2,1-9H3. The van der Waals surface area contributed by atoms with Crippen molar-refractivity contribution in [3.8, 4) is 16.9 Å². The molecule has 0 N–H and O–H groups in total. The van der Waals surface area contributed by atoms with Crippen LogP contribution in [-0.2, 0) is 21.7 Å². The molecule has 59 heavy (non-hydrogen) atoms. The van der Waals surface area contributed by atoms with Gasteiger partial charge in [-0.05, 0) is 113 Å². The fraction of sp³-hybridized carbons (Fsp3) is 0.418. The Morgan fingerprint density at radius 3 is 1.95 bits per heavy atom. The normalized spacial score (nSPS) is 28.5. The van der Waals surface area contributed by atoms with Crippen LogP contribution in [0, 0.1) is 0 Å². The molecule has 7 aliphatic rings. The zero-order chi connectivity index (χ0) is 40.4. The summed E-state index contributed by atoms with van der Waals surface area (Å²) in [6.07, 6.45) is 10.0. The summed E-state index contributed by atoms with van der Waals surface area (Å²) in [4.78, 5) is 5.79. The number of rotatable bonds is 1. The minimum Gasteiger partial charge on any atom is -0.335 e.